The van der Waals surface area contributed by atoms with Crippen molar-refractivity contribution in [3.05, 3.63) is 10.5 Å². The second-order valence-corrected chi connectivity index (χ2v) is 3.09. The maximum Gasteiger partial charge on any atom is 0.127 e. The first kappa shape index (κ1) is 7.31. The molecule has 0 aromatic heterocycles. The minimum Gasteiger partial charge on any atom is -0.163 e. The van der Waals surface area contributed by atoms with Gasteiger partial charge in [0.15, 0.2) is 0 Å². The van der Waals surface area contributed by atoms with Crippen molar-refractivity contribution in [3.8, 4) is 0 Å². The number of hydrogen-bond acceptors (Lipinski definition) is 1. The third-order valence-corrected chi connectivity index (χ3v) is 2.49. The fraction of sp³-hybridized carbons (Fsp3) is 0.600. The Kier molecular flexibility index (Phi) is 3.47. The lowest BCUT2D eigenvalue weighted by Crippen LogP contribution is -1.69. The summed E-state index contributed by atoms with van der Waals surface area (Å²) in [5, 5.41) is 0. The predicted octanol–water partition coefficient (Wildman–Crippen LogP) is 2.12. The van der Waals surface area contributed by atoms with E-state index in [4.69, 9.17) is 0 Å². The first-order valence-electron chi connectivity index (χ1n) is 2.16. The van der Waals surface area contributed by atoms with Crippen LogP contribution >= 0.6 is 11.2 Å². The van der Waals surface area contributed by atoms with E-state index in [1.54, 1.807) is 11.2 Å². The molecule has 0 aromatic carbocycles. The molecule has 0 saturated carbocycles. The van der Waals surface area contributed by atoms with Gasteiger partial charge in [0.1, 0.15) is 9.39 Å². The highest BCUT2D eigenvalue weighted by atomic mass is 32.4. The van der Waals surface area contributed by atoms with Gasteiger partial charge in [-0.1, -0.05) is 5.57 Å². The van der Waals surface area contributed by atoms with Gasteiger partial charge in [0.25, 0.3) is 0 Å². The average molecular weight is 129 g/mol. The molecule has 0 rings (SSSR count). The maximum absolute atomic E-state index is 3.32. The van der Waals surface area contributed by atoms with E-state index < -0.39 is 0 Å². The van der Waals surface area contributed by atoms with Gasteiger partial charge in [0.2, 0.25) is 0 Å². The summed E-state index contributed by atoms with van der Waals surface area (Å²) in [5.74, 6) is 0. The molecule has 0 aromatic rings. The van der Waals surface area contributed by atoms with Crippen LogP contribution in [-0.2, 0) is 0 Å². The van der Waals surface area contributed by atoms with Crippen molar-refractivity contribution in [2.75, 3.05) is 0 Å². The van der Waals surface area contributed by atoms with Crippen LogP contribution in [-0.4, -0.2) is 9.39 Å². The van der Waals surface area contributed by atoms with E-state index >= 15 is 0 Å². The number of hydrogen-bond donors (Lipinski definition) is 0. The lowest BCUT2D eigenvalue weighted by atomic mass is 10.3. The first-order chi connectivity index (χ1) is 3.18. The van der Waals surface area contributed by atoms with Crippen LogP contribution in [0, 0.1) is 0 Å². The number of allylic oxidation sites excluding steroid dienone is 2. The van der Waals surface area contributed by atoms with Crippen LogP contribution in [0.4, 0.5) is 0 Å². The predicted molar refractivity (Wildman–Crippen MR) is 37.4 cm³/mol. The molecule has 2 heteroatoms. The molecule has 0 aliphatic carbocycles. The SMILES string of the molecule is CC(C)=C(C)S[Si]. The molecule has 0 amide bonds. The van der Waals surface area contributed by atoms with Crippen LogP contribution < -0.4 is 0 Å². The van der Waals surface area contributed by atoms with Crippen molar-refractivity contribution in [1.82, 2.24) is 0 Å². The largest absolute Gasteiger partial charge is 0.163 e. The van der Waals surface area contributed by atoms with Crippen LogP contribution in [0.5, 0.6) is 0 Å². The van der Waals surface area contributed by atoms with Gasteiger partial charge in [0, 0.05) is 0 Å². The minimum atomic E-state index is 1.34. The number of rotatable bonds is 1. The van der Waals surface area contributed by atoms with Gasteiger partial charge in [-0.15, -0.1) is 0 Å². The van der Waals surface area contributed by atoms with Crippen molar-refractivity contribution in [3.63, 3.8) is 0 Å². The summed E-state index contributed by atoms with van der Waals surface area (Å²) in [6, 6.07) is 0. The van der Waals surface area contributed by atoms with Gasteiger partial charge in [-0.25, -0.2) is 0 Å². The highest BCUT2D eigenvalue weighted by molar-refractivity contribution is 8.22. The summed E-state index contributed by atoms with van der Waals surface area (Å²) in [6.45, 7) is 6.29. The average Bonchev–Trinajstić information content (AvgIpc) is 1.65. The molecule has 0 heterocycles. The Morgan fingerprint density at radius 2 is 1.71 bits per heavy atom. The zero-order chi connectivity index (χ0) is 5.86. The molecule has 0 unspecified atom stereocenters. The Morgan fingerprint density at radius 1 is 1.29 bits per heavy atom. The lowest BCUT2D eigenvalue weighted by molar-refractivity contribution is 1.35. The quantitative estimate of drug-likeness (QED) is 0.489. The summed E-state index contributed by atoms with van der Waals surface area (Å²) in [7, 11) is 3.32. The van der Waals surface area contributed by atoms with E-state index in [2.05, 4.69) is 30.2 Å². The zero-order valence-corrected chi connectivity index (χ0v) is 6.72. The van der Waals surface area contributed by atoms with E-state index in [1.165, 1.54) is 10.5 Å². The third-order valence-electron chi connectivity index (χ3n) is 0.857. The van der Waals surface area contributed by atoms with Gasteiger partial charge >= 0.3 is 0 Å². The van der Waals surface area contributed by atoms with Crippen LogP contribution in [0.1, 0.15) is 20.8 Å². The Hall–Kier alpha value is 0.307. The van der Waals surface area contributed by atoms with Gasteiger partial charge in [-0.05, 0) is 25.7 Å². The third kappa shape index (κ3) is 2.94. The molecule has 39 valence electrons. The fourth-order valence-corrected chi connectivity index (χ4v) is 0.919. The Bertz CT molecular complexity index is 82.1. The summed E-state index contributed by atoms with van der Waals surface area (Å²) >= 11 is 1.62. The topological polar surface area (TPSA) is 0 Å². The van der Waals surface area contributed by atoms with E-state index in [0.29, 0.717) is 0 Å². The van der Waals surface area contributed by atoms with Crippen molar-refractivity contribution >= 4 is 20.6 Å². The maximum atomic E-state index is 3.32. The zero-order valence-electron chi connectivity index (χ0n) is 4.91. The standard InChI is InChI=1S/C5H9SSi/c1-4(2)5(3)6-7/h1-3H3. The Morgan fingerprint density at radius 3 is 1.71 bits per heavy atom. The molecule has 0 saturated heterocycles. The normalized spacial score (nSPS) is 8.57. The lowest BCUT2D eigenvalue weighted by Gasteiger charge is -1.94. The fourth-order valence-electron chi connectivity index (χ4n) is 0.102. The highest BCUT2D eigenvalue weighted by Crippen LogP contribution is 2.12. The van der Waals surface area contributed by atoms with Crippen LogP contribution in [0.25, 0.3) is 0 Å². The van der Waals surface area contributed by atoms with Crippen LogP contribution in [0.15, 0.2) is 10.5 Å². The molecule has 0 bridgehead atoms. The van der Waals surface area contributed by atoms with Crippen LogP contribution in [0.3, 0.4) is 0 Å². The second-order valence-electron chi connectivity index (χ2n) is 1.66. The monoisotopic (exact) mass is 129 g/mol. The van der Waals surface area contributed by atoms with Gasteiger partial charge in [-0.2, -0.15) is 11.2 Å². The summed E-state index contributed by atoms with van der Waals surface area (Å²) < 4.78 is 0. The molecular formula is C5H9SSi. The molecule has 0 N–H and O–H groups in total. The van der Waals surface area contributed by atoms with Crippen molar-refractivity contribution < 1.29 is 0 Å². The van der Waals surface area contributed by atoms with Gasteiger partial charge < -0.3 is 0 Å². The summed E-state index contributed by atoms with van der Waals surface area (Å²) in [4.78, 5) is 1.34. The van der Waals surface area contributed by atoms with E-state index in [0.717, 1.165) is 0 Å². The van der Waals surface area contributed by atoms with Gasteiger partial charge in [0.05, 0.1) is 0 Å². The molecule has 3 radical (unpaired) electrons. The molecule has 0 atom stereocenters. The second kappa shape index (κ2) is 3.33. The highest BCUT2D eigenvalue weighted by Gasteiger charge is 1.83. The molecule has 0 fully saturated rings. The Labute approximate surface area is 52.4 Å². The first-order valence-corrected chi connectivity index (χ1v) is 4.20. The van der Waals surface area contributed by atoms with Gasteiger partial charge in [-0.3, -0.25) is 0 Å². The van der Waals surface area contributed by atoms with E-state index in [1.807, 2.05) is 0 Å². The van der Waals surface area contributed by atoms with Crippen molar-refractivity contribution in [1.29, 1.82) is 0 Å². The summed E-state index contributed by atoms with van der Waals surface area (Å²) in [6.07, 6.45) is 0. The summed E-state index contributed by atoms with van der Waals surface area (Å²) in [5.41, 5.74) is 1.38. The molecule has 0 aliphatic rings. The molecule has 7 heavy (non-hydrogen) atoms. The van der Waals surface area contributed by atoms with Crippen molar-refractivity contribution in [2.24, 2.45) is 0 Å². The Balaban J connectivity index is 3.72. The molecule has 0 spiro atoms. The van der Waals surface area contributed by atoms with E-state index in [-0.39, 0.29) is 0 Å². The molecular weight excluding hydrogens is 120 g/mol. The van der Waals surface area contributed by atoms with Crippen molar-refractivity contribution in [2.45, 2.75) is 20.8 Å². The molecule has 0 nitrogen and oxygen atoms in total. The minimum absolute atomic E-state index is 1.34. The smallest absolute Gasteiger partial charge is 0.127 e. The van der Waals surface area contributed by atoms with E-state index in [9.17, 15) is 0 Å². The molecule has 0 aliphatic heterocycles. The van der Waals surface area contributed by atoms with Crippen LogP contribution in [0.2, 0.25) is 0 Å².